The van der Waals surface area contributed by atoms with Crippen LogP contribution in [-0.2, 0) is 13.1 Å². The molecule has 2 nitrogen and oxygen atoms in total. The second kappa shape index (κ2) is 4.21. The zero-order valence-electron chi connectivity index (χ0n) is 6.93. The van der Waals surface area contributed by atoms with Crippen molar-refractivity contribution in [2.24, 2.45) is 0 Å². The summed E-state index contributed by atoms with van der Waals surface area (Å²) in [6.45, 7) is 0.406. The van der Waals surface area contributed by atoms with E-state index in [-0.39, 0.29) is 6.54 Å². The van der Waals surface area contributed by atoms with Crippen LogP contribution in [0.3, 0.4) is 0 Å². The van der Waals surface area contributed by atoms with Gasteiger partial charge in [-0.25, -0.2) is 8.78 Å². The molecule has 1 rings (SSSR count). The third kappa shape index (κ3) is 2.30. The van der Waals surface area contributed by atoms with Gasteiger partial charge in [-0.05, 0) is 19.2 Å². The molecule has 1 aromatic heterocycles. The van der Waals surface area contributed by atoms with Gasteiger partial charge in [-0.15, -0.1) is 0 Å². The molecule has 68 valence electrons. The molecular weight excluding hydrogens is 162 g/mol. The van der Waals surface area contributed by atoms with Gasteiger partial charge < -0.3 is 9.88 Å². The molecule has 0 fully saturated rings. The summed E-state index contributed by atoms with van der Waals surface area (Å²) in [5.74, 6) is 0. The summed E-state index contributed by atoms with van der Waals surface area (Å²) in [7, 11) is 1.79. The molecule has 1 N–H and O–H groups in total. The van der Waals surface area contributed by atoms with Crippen LogP contribution in [0.4, 0.5) is 8.78 Å². The molecule has 0 radical (unpaired) electrons. The predicted molar refractivity (Wildman–Crippen MR) is 43.2 cm³/mol. The summed E-state index contributed by atoms with van der Waals surface area (Å²) in [6, 6.07) is 3.61. The van der Waals surface area contributed by atoms with Gasteiger partial charge in [0.05, 0.1) is 6.54 Å². The highest BCUT2D eigenvalue weighted by Gasteiger charge is 2.05. The molecule has 12 heavy (non-hydrogen) atoms. The van der Waals surface area contributed by atoms with E-state index < -0.39 is 6.43 Å². The molecule has 0 amide bonds. The topological polar surface area (TPSA) is 17.0 Å². The smallest absolute Gasteiger partial charge is 0.256 e. The Hall–Kier alpha value is -0.900. The van der Waals surface area contributed by atoms with Gasteiger partial charge in [0.1, 0.15) is 0 Å². The van der Waals surface area contributed by atoms with Crippen molar-refractivity contribution >= 4 is 0 Å². The maximum Gasteiger partial charge on any atom is 0.256 e. The maximum absolute atomic E-state index is 12.0. The van der Waals surface area contributed by atoms with E-state index in [0.29, 0.717) is 6.54 Å². The number of nitrogens with zero attached hydrogens (tertiary/aromatic N) is 1. The standard InChI is InChI=1S/C8H12F2N2/c1-11-5-7-3-2-4-12(7)6-8(9)10/h2-4,8,11H,5-6H2,1H3. The Bertz CT molecular complexity index is 233. The molecule has 0 aliphatic heterocycles. The summed E-state index contributed by atoms with van der Waals surface area (Å²) in [4.78, 5) is 0. The van der Waals surface area contributed by atoms with Crippen molar-refractivity contribution in [3.05, 3.63) is 24.0 Å². The number of alkyl halides is 2. The van der Waals surface area contributed by atoms with Crippen LogP contribution in [0.2, 0.25) is 0 Å². The fourth-order valence-electron chi connectivity index (χ4n) is 1.12. The molecule has 1 heterocycles. The van der Waals surface area contributed by atoms with Gasteiger partial charge in [-0.1, -0.05) is 0 Å². The third-order valence-electron chi connectivity index (χ3n) is 1.62. The largest absolute Gasteiger partial charge is 0.345 e. The van der Waals surface area contributed by atoms with Crippen LogP contribution in [0.5, 0.6) is 0 Å². The second-order valence-corrected chi connectivity index (χ2v) is 2.57. The van der Waals surface area contributed by atoms with Gasteiger partial charge in [0.25, 0.3) is 6.43 Å². The average molecular weight is 174 g/mol. The Morgan fingerprint density at radius 2 is 2.33 bits per heavy atom. The van der Waals surface area contributed by atoms with Crippen LogP contribution in [0.25, 0.3) is 0 Å². The molecule has 0 aliphatic rings. The molecule has 0 aromatic carbocycles. The lowest BCUT2D eigenvalue weighted by Crippen LogP contribution is -2.13. The van der Waals surface area contributed by atoms with Crippen LogP contribution in [0.1, 0.15) is 5.69 Å². The van der Waals surface area contributed by atoms with E-state index in [1.165, 1.54) is 0 Å². The van der Waals surface area contributed by atoms with E-state index in [0.717, 1.165) is 5.69 Å². The highest BCUT2D eigenvalue weighted by molar-refractivity contribution is 5.06. The highest BCUT2D eigenvalue weighted by Crippen LogP contribution is 2.05. The van der Waals surface area contributed by atoms with Crippen LogP contribution in [0, 0.1) is 0 Å². The minimum atomic E-state index is -2.28. The molecule has 0 unspecified atom stereocenters. The van der Waals surface area contributed by atoms with Gasteiger partial charge in [-0.2, -0.15) is 0 Å². The Kier molecular flexibility index (Phi) is 3.22. The van der Waals surface area contributed by atoms with E-state index in [1.54, 1.807) is 23.9 Å². The summed E-state index contributed by atoms with van der Waals surface area (Å²) in [5.41, 5.74) is 0.887. The number of hydrogen-bond donors (Lipinski definition) is 1. The minimum Gasteiger partial charge on any atom is -0.345 e. The van der Waals surface area contributed by atoms with Crippen molar-refractivity contribution in [2.45, 2.75) is 19.5 Å². The van der Waals surface area contributed by atoms with E-state index in [9.17, 15) is 8.78 Å². The zero-order valence-corrected chi connectivity index (χ0v) is 6.93. The molecule has 0 atom stereocenters. The van der Waals surface area contributed by atoms with Crippen molar-refractivity contribution in [1.29, 1.82) is 0 Å². The first kappa shape index (κ1) is 9.19. The van der Waals surface area contributed by atoms with Gasteiger partial charge in [-0.3, -0.25) is 0 Å². The number of nitrogens with one attached hydrogen (secondary N) is 1. The number of aromatic nitrogens is 1. The normalized spacial score (nSPS) is 11.0. The van der Waals surface area contributed by atoms with Crippen molar-refractivity contribution < 1.29 is 8.78 Å². The zero-order chi connectivity index (χ0) is 8.97. The van der Waals surface area contributed by atoms with Gasteiger partial charge in [0, 0.05) is 18.4 Å². The quantitative estimate of drug-likeness (QED) is 0.731. The molecule has 0 aliphatic carbocycles. The third-order valence-corrected chi connectivity index (χ3v) is 1.62. The van der Waals surface area contributed by atoms with Crippen LogP contribution in [-0.4, -0.2) is 18.0 Å². The molecule has 0 spiro atoms. The number of hydrogen-bond acceptors (Lipinski definition) is 1. The fourth-order valence-corrected chi connectivity index (χ4v) is 1.12. The van der Waals surface area contributed by atoms with Crippen molar-refractivity contribution in [3.8, 4) is 0 Å². The Balaban J connectivity index is 2.63. The maximum atomic E-state index is 12.0. The highest BCUT2D eigenvalue weighted by atomic mass is 19.3. The van der Waals surface area contributed by atoms with Gasteiger partial charge >= 0.3 is 0 Å². The first-order valence-corrected chi connectivity index (χ1v) is 3.81. The lowest BCUT2D eigenvalue weighted by atomic mass is 10.4. The Morgan fingerprint density at radius 1 is 1.58 bits per heavy atom. The van der Waals surface area contributed by atoms with Crippen molar-refractivity contribution in [1.82, 2.24) is 9.88 Å². The second-order valence-electron chi connectivity index (χ2n) is 2.57. The van der Waals surface area contributed by atoms with Gasteiger partial charge in [0.2, 0.25) is 0 Å². The molecule has 1 aromatic rings. The monoisotopic (exact) mass is 174 g/mol. The van der Waals surface area contributed by atoms with E-state index in [1.807, 2.05) is 6.07 Å². The van der Waals surface area contributed by atoms with Gasteiger partial charge in [0.15, 0.2) is 0 Å². The van der Waals surface area contributed by atoms with Crippen molar-refractivity contribution in [2.75, 3.05) is 7.05 Å². The Labute approximate surface area is 70.2 Å². The summed E-state index contributed by atoms with van der Waals surface area (Å²) in [5, 5.41) is 2.92. The van der Waals surface area contributed by atoms with Crippen molar-refractivity contribution in [3.63, 3.8) is 0 Å². The van der Waals surface area contributed by atoms with E-state index in [2.05, 4.69) is 5.32 Å². The van der Waals surface area contributed by atoms with Crippen LogP contribution < -0.4 is 5.32 Å². The molecule has 0 bridgehead atoms. The predicted octanol–water partition coefficient (Wildman–Crippen LogP) is 1.47. The SMILES string of the molecule is CNCc1cccn1CC(F)F. The number of rotatable bonds is 4. The molecule has 4 heteroatoms. The minimum absolute atomic E-state index is 0.218. The first-order chi connectivity index (χ1) is 5.74. The fraction of sp³-hybridized carbons (Fsp3) is 0.500. The lowest BCUT2D eigenvalue weighted by molar-refractivity contribution is 0.125. The van der Waals surface area contributed by atoms with Crippen LogP contribution in [0.15, 0.2) is 18.3 Å². The number of halogens is 2. The molecule has 0 saturated heterocycles. The Morgan fingerprint density at radius 3 is 2.92 bits per heavy atom. The summed E-state index contributed by atoms with van der Waals surface area (Å²) < 4.78 is 25.5. The average Bonchev–Trinajstić information content (AvgIpc) is 2.37. The first-order valence-electron chi connectivity index (χ1n) is 3.81. The van der Waals surface area contributed by atoms with E-state index in [4.69, 9.17) is 0 Å². The lowest BCUT2D eigenvalue weighted by Gasteiger charge is -2.07. The van der Waals surface area contributed by atoms with Crippen LogP contribution >= 0.6 is 0 Å². The summed E-state index contributed by atoms with van der Waals surface area (Å²) >= 11 is 0. The molecular formula is C8H12F2N2. The van der Waals surface area contributed by atoms with E-state index >= 15 is 0 Å². The summed E-state index contributed by atoms with van der Waals surface area (Å²) in [6.07, 6.45) is -0.619. The molecule has 0 saturated carbocycles.